The third kappa shape index (κ3) is 1.51. The van der Waals surface area contributed by atoms with E-state index in [2.05, 4.69) is 10.2 Å². The summed E-state index contributed by atoms with van der Waals surface area (Å²) in [5, 5.41) is 8.05. The van der Waals surface area contributed by atoms with Crippen LogP contribution >= 0.6 is 23.2 Å². The van der Waals surface area contributed by atoms with Crippen LogP contribution in [-0.2, 0) is 0 Å². The van der Waals surface area contributed by atoms with Gasteiger partial charge in [0.25, 0.3) is 0 Å². The predicted molar refractivity (Wildman–Crippen MR) is 58.8 cm³/mol. The number of H-pyrrole nitrogens is 1. The molecule has 0 fully saturated rings. The van der Waals surface area contributed by atoms with Crippen LogP contribution in [0.4, 0.5) is 0 Å². The Hall–Kier alpha value is -0.990. The molecule has 14 heavy (non-hydrogen) atoms. The molecule has 0 unspecified atom stereocenters. The molecule has 0 aliphatic heterocycles. The largest absolute Gasteiger partial charge is 0.276 e. The lowest BCUT2D eigenvalue weighted by atomic mass is 10.1. The normalized spacial score (nSPS) is 10.5. The average molecular weight is 227 g/mol. The number of aromatic nitrogens is 2. The summed E-state index contributed by atoms with van der Waals surface area (Å²) in [6.45, 7) is 1.95. The molecule has 1 N–H and O–H groups in total. The molecule has 1 heterocycles. The summed E-state index contributed by atoms with van der Waals surface area (Å²) in [4.78, 5) is 0. The molecule has 72 valence electrons. The molecule has 1 aromatic carbocycles. The van der Waals surface area contributed by atoms with E-state index in [9.17, 15) is 0 Å². The number of aromatic amines is 1. The molecule has 2 aromatic rings. The summed E-state index contributed by atoms with van der Waals surface area (Å²) in [5.74, 6) is 0. The highest BCUT2D eigenvalue weighted by atomic mass is 35.5. The molecule has 0 aliphatic rings. The number of rotatable bonds is 1. The molecule has 0 amide bonds. The van der Waals surface area contributed by atoms with Crippen LogP contribution in [0.25, 0.3) is 11.3 Å². The Balaban J connectivity index is 2.63. The monoisotopic (exact) mass is 226 g/mol. The fourth-order valence-electron chi connectivity index (χ4n) is 1.34. The molecule has 0 aliphatic carbocycles. The Labute approximate surface area is 91.9 Å². The number of hydrogen-bond donors (Lipinski definition) is 1. The van der Waals surface area contributed by atoms with Crippen LogP contribution in [0.3, 0.4) is 0 Å². The van der Waals surface area contributed by atoms with Crippen molar-refractivity contribution in [1.29, 1.82) is 0 Å². The maximum Gasteiger partial charge on any atom is 0.0863 e. The van der Waals surface area contributed by atoms with Gasteiger partial charge in [-0.2, -0.15) is 5.10 Å². The first kappa shape index (κ1) is 9.56. The van der Waals surface area contributed by atoms with Crippen LogP contribution in [0, 0.1) is 6.92 Å². The summed E-state index contributed by atoms with van der Waals surface area (Å²) in [6.07, 6.45) is 1.58. The van der Waals surface area contributed by atoms with E-state index in [1.807, 2.05) is 25.1 Å². The Kier molecular flexibility index (Phi) is 2.48. The number of benzene rings is 1. The van der Waals surface area contributed by atoms with Gasteiger partial charge in [-0.15, -0.1) is 0 Å². The zero-order valence-corrected chi connectivity index (χ0v) is 9.02. The van der Waals surface area contributed by atoms with Crippen molar-refractivity contribution in [2.75, 3.05) is 0 Å². The van der Waals surface area contributed by atoms with E-state index in [1.54, 1.807) is 6.20 Å². The van der Waals surface area contributed by atoms with Crippen molar-refractivity contribution in [3.8, 4) is 11.3 Å². The molecule has 0 bridgehead atoms. The van der Waals surface area contributed by atoms with Crippen molar-refractivity contribution in [1.82, 2.24) is 10.2 Å². The number of nitrogens with one attached hydrogen (secondary N) is 1. The number of halogens is 2. The molecular weight excluding hydrogens is 219 g/mol. The van der Waals surface area contributed by atoms with Crippen molar-refractivity contribution < 1.29 is 0 Å². The summed E-state index contributed by atoms with van der Waals surface area (Å²) >= 11 is 12.0. The molecule has 0 saturated heterocycles. The maximum absolute atomic E-state index is 6.01. The highest BCUT2D eigenvalue weighted by Gasteiger charge is 2.09. The lowest BCUT2D eigenvalue weighted by Crippen LogP contribution is -1.85. The van der Waals surface area contributed by atoms with Crippen molar-refractivity contribution in [3.63, 3.8) is 0 Å². The van der Waals surface area contributed by atoms with Crippen molar-refractivity contribution in [3.05, 3.63) is 40.0 Å². The quantitative estimate of drug-likeness (QED) is 0.790. The zero-order chi connectivity index (χ0) is 10.1. The third-order valence-electron chi connectivity index (χ3n) is 2.13. The van der Waals surface area contributed by atoms with Gasteiger partial charge in [0.1, 0.15) is 0 Å². The van der Waals surface area contributed by atoms with Crippen LogP contribution in [0.5, 0.6) is 0 Å². The second-order valence-electron chi connectivity index (χ2n) is 3.01. The SMILES string of the molecule is Cc1c(Cl)cccc1-c1[nH]ncc1Cl. The van der Waals surface area contributed by atoms with Gasteiger partial charge in [-0.1, -0.05) is 35.3 Å². The first-order valence-corrected chi connectivity index (χ1v) is 4.90. The van der Waals surface area contributed by atoms with E-state index >= 15 is 0 Å². The van der Waals surface area contributed by atoms with Crippen LogP contribution in [-0.4, -0.2) is 10.2 Å². The van der Waals surface area contributed by atoms with E-state index in [0.29, 0.717) is 5.02 Å². The Bertz CT molecular complexity index is 463. The minimum atomic E-state index is 0.607. The Morgan fingerprint density at radius 1 is 1.21 bits per heavy atom. The molecule has 1 aromatic heterocycles. The second kappa shape index (κ2) is 3.64. The van der Waals surface area contributed by atoms with Crippen LogP contribution in [0.15, 0.2) is 24.4 Å². The van der Waals surface area contributed by atoms with Gasteiger partial charge in [-0.25, -0.2) is 0 Å². The summed E-state index contributed by atoms with van der Waals surface area (Å²) < 4.78 is 0. The van der Waals surface area contributed by atoms with E-state index in [4.69, 9.17) is 23.2 Å². The van der Waals surface area contributed by atoms with Crippen LogP contribution in [0.2, 0.25) is 10.0 Å². The van der Waals surface area contributed by atoms with Crippen molar-refractivity contribution >= 4 is 23.2 Å². The molecule has 4 heteroatoms. The topological polar surface area (TPSA) is 28.7 Å². The highest BCUT2D eigenvalue weighted by Crippen LogP contribution is 2.30. The van der Waals surface area contributed by atoms with Crippen LogP contribution in [0.1, 0.15) is 5.56 Å². The van der Waals surface area contributed by atoms with Crippen molar-refractivity contribution in [2.45, 2.75) is 6.92 Å². The van der Waals surface area contributed by atoms with Gasteiger partial charge in [0, 0.05) is 10.6 Å². The lowest BCUT2D eigenvalue weighted by molar-refractivity contribution is 1.09. The molecule has 0 atom stereocenters. The minimum Gasteiger partial charge on any atom is -0.276 e. The standard InChI is InChI=1S/C10H8Cl2N2/c1-6-7(3-2-4-8(6)11)10-9(12)5-13-14-10/h2-5H,1H3,(H,13,14). The molecule has 2 nitrogen and oxygen atoms in total. The predicted octanol–water partition coefficient (Wildman–Crippen LogP) is 3.69. The first-order chi connectivity index (χ1) is 6.70. The maximum atomic E-state index is 6.01. The Morgan fingerprint density at radius 3 is 2.64 bits per heavy atom. The molecule has 0 spiro atoms. The highest BCUT2D eigenvalue weighted by molar-refractivity contribution is 6.33. The summed E-state index contributed by atoms with van der Waals surface area (Å²) in [5.41, 5.74) is 2.80. The Morgan fingerprint density at radius 2 is 2.00 bits per heavy atom. The fraction of sp³-hybridized carbons (Fsp3) is 0.100. The average Bonchev–Trinajstić information content (AvgIpc) is 2.57. The molecular formula is C10H8Cl2N2. The van der Waals surface area contributed by atoms with Crippen LogP contribution < -0.4 is 0 Å². The number of hydrogen-bond acceptors (Lipinski definition) is 1. The first-order valence-electron chi connectivity index (χ1n) is 4.14. The van der Waals surface area contributed by atoms with Gasteiger partial charge < -0.3 is 0 Å². The van der Waals surface area contributed by atoms with E-state index in [1.165, 1.54) is 0 Å². The molecule has 0 radical (unpaired) electrons. The van der Waals surface area contributed by atoms with E-state index in [-0.39, 0.29) is 0 Å². The lowest BCUT2D eigenvalue weighted by Gasteiger charge is -2.05. The van der Waals surface area contributed by atoms with E-state index in [0.717, 1.165) is 21.8 Å². The summed E-state index contributed by atoms with van der Waals surface area (Å²) in [6, 6.07) is 5.70. The van der Waals surface area contributed by atoms with Crippen molar-refractivity contribution in [2.24, 2.45) is 0 Å². The van der Waals surface area contributed by atoms with E-state index < -0.39 is 0 Å². The van der Waals surface area contributed by atoms with Gasteiger partial charge in [-0.05, 0) is 18.6 Å². The zero-order valence-electron chi connectivity index (χ0n) is 7.51. The number of nitrogens with zero attached hydrogens (tertiary/aromatic N) is 1. The van der Waals surface area contributed by atoms with Gasteiger partial charge in [0.2, 0.25) is 0 Å². The molecule has 0 saturated carbocycles. The van der Waals surface area contributed by atoms with Gasteiger partial charge in [0.15, 0.2) is 0 Å². The molecule has 2 rings (SSSR count). The van der Waals surface area contributed by atoms with Gasteiger partial charge in [0.05, 0.1) is 16.9 Å². The van der Waals surface area contributed by atoms with Gasteiger partial charge >= 0.3 is 0 Å². The smallest absolute Gasteiger partial charge is 0.0863 e. The second-order valence-corrected chi connectivity index (χ2v) is 3.82. The summed E-state index contributed by atoms with van der Waals surface area (Å²) in [7, 11) is 0. The fourth-order valence-corrected chi connectivity index (χ4v) is 1.71. The minimum absolute atomic E-state index is 0.607. The van der Waals surface area contributed by atoms with Gasteiger partial charge in [-0.3, -0.25) is 5.10 Å². The third-order valence-corrected chi connectivity index (χ3v) is 2.83.